The zero-order valence-electron chi connectivity index (χ0n) is 6.15. The van der Waals surface area contributed by atoms with Gasteiger partial charge in [-0.2, -0.15) is 0 Å². The van der Waals surface area contributed by atoms with Gasteiger partial charge in [0.2, 0.25) is 5.16 Å². The molecule has 0 aliphatic carbocycles. The molecule has 1 aromatic heterocycles. The predicted octanol–water partition coefficient (Wildman–Crippen LogP) is -0.327. The van der Waals surface area contributed by atoms with Gasteiger partial charge in [0, 0.05) is 19.0 Å². The molecule has 0 fully saturated rings. The lowest BCUT2D eigenvalue weighted by Gasteiger charge is -1.96. The van der Waals surface area contributed by atoms with E-state index < -0.39 is 10.8 Å². The Morgan fingerprint density at radius 1 is 1.73 bits per heavy atom. The van der Waals surface area contributed by atoms with Crippen molar-refractivity contribution in [2.45, 2.75) is 11.7 Å². The maximum Gasteiger partial charge on any atom is 0.218 e. The highest BCUT2D eigenvalue weighted by molar-refractivity contribution is 7.84. The fourth-order valence-electron chi connectivity index (χ4n) is 0.628. The van der Waals surface area contributed by atoms with E-state index in [0.29, 0.717) is 17.4 Å². The summed E-state index contributed by atoms with van der Waals surface area (Å²) in [5.74, 6) is 0. The van der Waals surface area contributed by atoms with Crippen LogP contribution < -0.4 is 5.73 Å². The van der Waals surface area contributed by atoms with Gasteiger partial charge in [-0.15, -0.1) is 0 Å². The highest BCUT2D eigenvalue weighted by Crippen LogP contribution is 1.97. The van der Waals surface area contributed by atoms with Crippen LogP contribution in [0.5, 0.6) is 0 Å². The Bertz CT molecular complexity index is 276. The number of hydrogen-bond acceptors (Lipinski definition) is 4. The molecular formula is C6H9N3OS. The number of nitrogens with zero attached hydrogens (tertiary/aromatic N) is 2. The lowest BCUT2D eigenvalue weighted by atomic mass is 10.4. The molecule has 60 valence electrons. The van der Waals surface area contributed by atoms with E-state index in [1.54, 1.807) is 12.3 Å². The zero-order chi connectivity index (χ0) is 8.27. The molecule has 0 spiro atoms. The SMILES string of the molecule is C[S@@](=O)c1nccc(CN)n1. The van der Waals surface area contributed by atoms with Crippen molar-refractivity contribution in [2.24, 2.45) is 5.73 Å². The Labute approximate surface area is 67.3 Å². The van der Waals surface area contributed by atoms with E-state index in [9.17, 15) is 4.21 Å². The molecule has 2 N–H and O–H groups in total. The molecule has 1 rings (SSSR count). The molecule has 5 heteroatoms. The van der Waals surface area contributed by atoms with Gasteiger partial charge >= 0.3 is 0 Å². The zero-order valence-corrected chi connectivity index (χ0v) is 6.97. The molecule has 0 unspecified atom stereocenters. The molecule has 4 nitrogen and oxygen atoms in total. The van der Waals surface area contributed by atoms with Crippen LogP contribution in [0.25, 0.3) is 0 Å². The van der Waals surface area contributed by atoms with E-state index in [1.165, 1.54) is 6.26 Å². The molecule has 0 radical (unpaired) electrons. The summed E-state index contributed by atoms with van der Waals surface area (Å²) in [6, 6.07) is 1.70. The minimum atomic E-state index is -1.12. The van der Waals surface area contributed by atoms with Crippen molar-refractivity contribution in [1.82, 2.24) is 9.97 Å². The normalized spacial score (nSPS) is 12.9. The Balaban J connectivity index is 3.01. The first kappa shape index (κ1) is 8.29. The summed E-state index contributed by atoms with van der Waals surface area (Å²) in [4.78, 5) is 7.77. The Morgan fingerprint density at radius 3 is 3.00 bits per heavy atom. The van der Waals surface area contributed by atoms with E-state index in [0.717, 1.165) is 0 Å². The summed E-state index contributed by atoms with van der Waals surface area (Å²) in [5.41, 5.74) is 6.04. The van der Waals surface area contributed by atoms with Crippen LogP contribution in [0.2, 0.25) is 0 Å². The second-order valence-electron chi connectivity index (χ2n) is 1.99. The summed E-state index contributed by atoms with van der Waals surface area (Å²) in [7, 11) is -1.12. The van der Waals surface area contributed by atoms with Crippen LogP contribution in [-0.4, -0.2) is 20.4 Å². The van der Waals surface area contributed by atoms with Crippen LogP contribution >= 0.6 is 0 Å². The molecule has 0 bridgehead atoms. The first-order chi connectivity index (χ1) is 5.24. The third kappa shape index (κ3) is 2.06. The lowest BCUT2D eigenvalue weighted by Crippen LogP contribution is -2.04. The fourth-order valence-corrected chi connectivity index (χ4v) is 1.08. The van der Waals surface area contributed by atoms with Crippen molar-refractivity contribution in [3.8, 4) is 0 Å². The van der Waals surface area contributed by atoms with Crippen LogP contribution in [0.3, 0.4) is 0 Å². The minimum absolute atomic E-state index is 0.341. The molecule has 0 saturated heterocycles. The third-order valence-corrected chi connectivity index (χ3v) is 1.87. The van der Waals surface area contributed by atoms with Crippen molar-refractivity contribution < 1.29 is 4.21 Å². The van der Waals surface area contributed by atoms with Crippen molar-refractivity contribution in [3.05, 3.63) is 18.0 Å². The Morgan fingerprint density at radius 2 is 2.45 bits per heavy atom. The molecule has 0 aliphatic rings. The molecule has 11 heavy (non-hydrogen) atoms. The van der Waals surface area contributed by atoms with Crippen molar-refractivity contribution in [1.29, 1.82) is 0 Å². The quantitative estimate of drug-likeness (QED) is 0.619. The molecule has 0 aliphatic heterocycles. The van der Waals surface area contributed by atoms with Gasteiger partial charge in [-0.05, 0) is 6.07 Å². The number of aromatic nitrogens is 2. The van der Waals surface area contributed by atoms with Crippen LogP contribution in [0, 0.1) is 0 Å². The first-order valence-electron chi connectivity index (χ1n) is 3.09. The number of rotatable bonds is 2. The highest BCUT2D eigenvalue weighted by atomic mass is 32.2. The van der Waals surface area contributed by atoms with Gasteiger partial charge in [0.05, 0.1) is 16.5 Å². The Hall–Kier alpha value is -0.810. The van der Waals surface area contributed by atoms with Gasteiger partial charge in [-0.1, -0.05) is 0 Å². The fraction of sp³-hybridized carbons (Fsp3) is 0.333. The number of hydrogen-bond donors (Lipinski definition) is 1. The first-order valence-corrected chi connectivity index (χ1v) is 4.65. The maximum absolute atomic E-state index is 10.9. The topological polar surface area (TPSA) is 68.9 Å². The van der Waals surface area contributed by atoms with Crippen LogP contribution in [-0.2, 0) is 17.3 Å². The molecule has 1 aromatic rings. The van der Waals surface area contributed by atoms with E-state index in [4.69, 9.17) is 5.73 Å². The molecule has 0 aromatic carbocycles. The van der Waals surface area contributed by atoms with Crippen molar-refractivity contribution in [2.75, 3.05) is 6.26 Å². The Kier molecular flexibility index (Phi) is 2.67. The summed E-state index contributed by atoms with van der Waals surface area (Å²) in [6.07, 6.45) is 3.10. The van der Waals surface area contributed by atoms with Gasteiger partial charge < -0.3 is 5.73 Å². The van der Waals surface area contributed by atoms with E-state index in [1.807, 2.05) is 0 Å². The van der Waals surface area contributed by atoms with Gasteiger partial charge in [0.15, 0.2) is 0 Å². The average Bonchev–Trinajstić information content (AvgIpc) is 2.05. The largest absolute Gasteiger partial charge is 0.325 e. The van der Waals surface area contributed by atoms with E-state index >= 15 is 0 Å². The summed E-state index contributed by atoms with van der Waals surface area (Å²) >= 11 is 0. The molecule has 0 amide bonds. The van der Waals surface area contributed by atoms with Gasteiger partial charge in [0.1, 0.15) is 0 Å². The minimum Gasteiger partial charge on any atom is -0.325 e. The summed E-state index contributed by atoms with van der Waals surface area (Å²) in [6.45, 7) is 0.354. The molecule has 1 heterocycles. The highest BCUT2D eigenvalue weighted by Gasteiger charge is 2.00. The van der Waals surface area contributed by atoms with Crippen LogP contribution in [0.4, 0.5) is 0 Å². The maximum atomic E-state index is 10.9. The predicted molar refractivity (Wildman–Crippen MR) is 42.3 cm³/mol. The number of nitrogens with two attached hydrogens (primary N) is 1. The van der Waals surface area contributed by atoms with E-state index in [2.05, 4.69) is 9.97 Å². The van der Waals surface area contributed by atoms with Crippen molar-refractivity contribution >= 4 is 10.8 Å². The summed E-state index contributed by atoms with van der Waals surface area (Å²) in [5, 5.41) is 0.341. The van der Waals surface area contributed by atoms with Crippen LogP contribution in [0.15, 0.2) is 17.4 Å². The van der Waals surface area contributed by atoms with E-state index in [-0.39, 0.29) is 0 Å². The monoisotopic (exact) mass is 171 g/mol. The average molecular weight is 171 g/mol. The molecule has 0 saturated carbocycles. The van der Waals surface area contributed by atoms with Gasteiger partial charge in [-0.25, -0.2) is 9.97 Å². The van der Waals surface area contributed by atoms with Gasteiger partial charge in [0.25, 0.3) is 0 Å². The summed E-state index contributed by atoms with van der Waals surface area (Å²) < 4.78 is 10.9. The van der Waals surface area contributed by atoms with Crippen LogP contribution in [0.1, 0.15) is 5.69 Å². The third-order valence-electron chi connectivity index (χ3n) is 1.16. The second-order valence-corrected chi connectivity index (χ2v) is 3.26. The molecular weight excluding hydrogens is 162 g/mol. The lowest BCUT2D eigenvalue weighted by molar-refractivity contribution is 0.678. The smallest absolute Gasteiger partial charge is 0.218 e. The standard InChI is InChI=1S/C6H9N3OS/c1-11(10)6-8-3-2-5(4-7)9-6/h2-3H,4,7H2,1H3/t11-/m1/s1. The van der Waals surface area contributed by atoms with Gasteiger partial charge in [-0.3, -0.25) is 4.21 Å². The molecule has 1 atom stereocenters. The second kappa shape index (κ2) is 3.54. The van der Waals surface area contributed by atoms with Crippen molar-refractivity contribution in [3.63, 3.8) is 0 Å².